The van der Waals surface area contributed by atoms with Crippen LogP contribution in [0.2, 0.25) is 10.0 Å². The molecule has 0 amide bonds. The Morgan fingerprint density at radius 2 is 1.85 bits per heavy atom. The van der Waals surface area contributed by atoms with Crippen LogP contribution in [0.5, 0.6) is 0 Å². The number of fused-ring (bicyclic) bond motifs is 1. The van der Waals surface area contributed by atoms with Crippen molar-refractivity contribution in [2.45, 2.75) is 50.7 Å². The fourth-order valence-electron chi connectivity index (χ4n) is 3.57. The highest BCUT2D eigenvalue weighted by Gasteiger charge is 2.31. The molecule has 0 saturated carbocycles. The maximum Gasteiger partial charge on any atom is 0.0599 e. The van der Waals surface area contributed by atoms with Crippen LogP contribution < -0.4 is 5.32 Å². The molecule has 0 aromatic heterocycles. The summed E-state index contributed by atoms with van der Waals surface area (Å²) >= 11 is 12.7. The van der Waals surface area contributed by atoms with Crippen molar-refractivity contribution in [3.8, 4) is 0 Å². The van der Waals surface area contributed by atoms with Crippen molar-refractivity contribution >= 4 is 23.2 Å². The van der Waals surface area contributed by atoms with Gasteiger partial charge in [-0.25, -0.2) is 0 Å². The van der Waals surface area contributed by atoms with Crippen molar-refractivity contribution in [3.63, 3.8) is 0 Å². The molecule has 20 heavy (non-hydrogen) atoms. The summed E-state index contributed by atoms with van der Waals surface area (Å²) in [6.07, 6.45) is 7.91. The zero-order valence-corrected chi connectivity index (χ0v) is 13.3. The summed E-state index contributed by atoms with van der Waals surface area (Å²) in [5, 5.41) is 5.28. The molecule has 0 bridgehead atoms. The molecule has 4 heteroatoms. The molecule has 1 aromatic rings. The van der Waals surface area contributed by atoms with Gasteiger partial charge in [-0.1, -0.05) is 42.1 Å². The first-order chi connectivity index (χ1) is 9.75. The molecular weight excluding hydrogens is 291 g/mol. The molecule has 0 spiro atoms. The van der Waals surface area contributed by atoms with E-state index in [1.54, 1.807) is 0 Å². The van der Waals surface area contributed by atoms with Gasteiger partial charge in [-0.05, 0) is 49.9 Å². The van der Waals surface area contributed by atoms with E-state index in [-0.39, 0.29) is 0 Å². The normalized spacial score (nSPS) is 27.9. The Labute approximate surface area is 131 Å². The minimum atomic E-state index is 0.553. The second-order valence-corrected chi connectivity index (χ2v) is 6.72. The van der Waals surface area contributed by atoms with Gasteiger partial charge in [-0.2, -0.15) is 0 Å². The van der Waals surface area contributed by atoms with Gasteiger partial charge in [0.25, 0.3) is 0 Å². The summed E-state index contributed by atoms with van der Waals surface area (Å²) in [6.45, 7) is 2.35. The molecule has 2 heterocycles. The molecule has 0 aliphatic carbocycles. The fraction of sp³-hybridized carbons (Fsp3) is 0.625. The van der Waals surface area contributed by atoms with Crippen molar-refractivity contribution in [2.24, 2.45) is 0 Å². The van der Waals surface area contributed by atoms with Crippen molar-refractivity contribution in [1.82, 2.24) is 10.2 Å². The first kappa shape index (κ1) is 14.6. The molecular formula is C16H22Cl2N2. The largest absolute Gasteiger partial charge is 0.302 e. The van der Waals surface area contributed by atoms with E-state index in [0.29, 0.717) is 12.2 Å². The minimum Gasteiger partial charge on any atom is -0.302 e. The van der Waals surface area contributed by atoms with Crippen LogP contribution in [0.3, 0.4) is 0 Å². The quantitative estimate of drug-likeness (QED) is 0.884. The van der Waals surface area contributed by atoms with Crippen LogP contribution in [0, 0.1) is 0 Å². The zero-order valence-electron chi connectivity index (χ0n) is 11.7. The van der Waals surface area contributed by atoms with Gasteiger partial charge in [0.1, 0.15) is 0 Å². The van der Waals surface area contributed by atoms with Gasteiger partial charge in [0, 0.05) is 22.6 Å². The summed E-state index contributed by atoms with van der Waals surface area (Å²) in [5.74, 6) is 0. The minimum absolute atomic E-state index is 0.553. The third-order valence-electron chi connectivity index (χ3n) is 4.61. The molecule has 2 aliphatic rings. The van der Waals surface area contributed by atoms with Crippen molar-refractivity contribution in [1.29, 1.82) is 0 Å². The maximum absolute atomic E-state index is 6.35. The molecule has 1 N–H and O–H groups in total. The Morgan fingerprint density at radius 3 is 2.65 bits per heavy atom. The van der Waals surface area contributed by atoms with E-state index in [4.69, 9.17) is 23.2 Å². The average Bonchev–Trinajstić information content (AvgIpc) is 2.66. The lowest BCUT2D eigenvalue weighted by atomic mass is 10.00. The monoisotopic (exact) mass is 312 g/mol. The number of halogens is 2. The Hall–Kier alpha value is -0.280. The number of rotatable bonds is 2. The van der Waals surface area contributed by atoms with E-state index >= 15 is 0 Å². The maximum atomic E-state index is 6.35. The van der Waals surface area contributed by atoms with Gasteiger partial charge in [-0.15, -0.1) is 0 Å². The number of hydrogen-bond acceptors (Lipinski definition) is 2. The van der Waals surface area contributed by atoms with Gasteiger partial charge in [0.2, 0.25) is 0 Å². The van der Waals surface area contributed by atoms with Gasteiger partial charge >= 0.3 is 0 Å². The second kappa shape index (κ2) is 6.65. The summed E-state index contributed by atoms with van der Waals surface area (Å²) in [7, 11) is 0. The second-order valence-electron chi connectivity index (χ2n) is 5.90. The standard InChI is InChI=1S/C16H22Cl2N2/c17-14-6-3-7-15(18)13(14)11-12-5-1-2-8-16-19-9-4-10-20(12)16/h3,6-7,12,16,19H,1-2,4-5,8-11H2. The molecule has 3 rings (SSSR count). The summed E-state index contributed by atoms with van der Waals surface area (Å²) < 4.78 is 0. The van der Waals surface area contributed by atoms with Crippen molar-refractivity contribution in [2.75, 3.05) is 13.1 Å². The first-order valence-electron chi connectivity index (χ1n) is 7.68. The summed E-state index contributed by atoms with van der Waals surface area (Å²) in [4.78, 5) is 2.65. The van der Waals surface area contributed by atoms with Gasteiger partial charge in [0.15, 0.2) is 0 Å². The smallest absolute Gasteiger partial charge is 0.0599 e. The summed E-state index contributed by atoms with van der Waals surface area (Å²) in [6, 6.07) is 6.39. The average molecular weight is 313 g/mol. The first-order valence-corrected chi connectivity index (χ1v) is 8.43. The Kier molecular flexibility index (Phi) is 4.87. The van der Waals surface area contributed by atoms with Crippen LogP contribution in [-0.2, 0) is 6.42 Å². The van der Waals surface area contributed by atoms with Crippen molar-refractivity contribution in [3.05, 3.63) is 33.8 Å². The lowest BCUT2D eigenvalue weighted by Gasteiger charge is -2.40. The molecule has 110 valence electrons. The van der Waals surface area contributed by atoms with E-state index in [1.807, 2.05) is 18.2 Å². The van der Waals surface area contributed by atoms with Crippen LogP contribution in [-0.4, -0.2) is 30.2 Å². The van der Waals surface area contributed by atoms with Crippen molar-refractivity contribution < 1.29 is 0 Å². The number of benzene rings is 1. The van der Waals surface area contributed by atoms with E-state index in [2.05, 4.69) is 10.2 Å². The molecule has 1 aromatic carbocycles. The number of hydrogen-bond donors (Lipinski definition) is 1. The zero-order chi connectivity index (χ0) is 13.9. The topological polar surface area (TPSA) is 15.3 Å². The summed E-state index contributed by atoms with van der Waals surface area (Å²) in [5.41, 5.74) is 1.12. The highest BCUT2D eigenvalue weighted by molar-refractivity contribution is 6.36. The highest BCUT2D eigenvalue weighted by atomic mass is 35.5. The Bertz CT molecular complexity index is 444. The third-order valence-corrected chi connectivity index (χ3v) is 5.32. The fourth-order valence-corrected chi connectivity index (χ4v) is 4.13. The molecule has 2 atom stereocenters. The lowest BCUT2D eigenvalue weighted by Crippen LogP contribution is -2.54. The van der Waals surface area contributed by atoms with E-state index < -0.39 is 0 Å². The van der Waals surface area contributed by atoms with Crippen LogP contribution >= 0.6 is 23.2 Å². The van der Waals surface area contributed by atoms with Crippen LogP contribution in [0.1, 0.15) is 37.7 Å². The predicted molar refractivity (Wildman–Crippen MR) is 85.5 cm³/mol. The SMILES string of the molecule is Clc1cccc(Cl)c1CC1CCCCC2NCCCN12. The Morgan fingerprint density at radius 1 is 1.10 bits per heavy atom. The molecule has 2 nitrogen and oxygen atoms in total. The van der Waals surface area contributed by atoms with Crippen LogP contribution in [0.4, 0.5) is 0 Å². The molecule has 0 radical (unpaired) electrons. The number of nitrogens with one attached hydrogen (secondary N) is 1. The predicted octanol–water partition coefficient (Wildman–Crippen LogP) is 4.10. The van der Waals surface area contributed by atoms with Crippen LogP contribution in [0.15, 0.2) is 18.2 Å². The van der Waals surface area contributed by atoms with E-state index in [1.165, 1.54) is 38.6 Å². The lowest BCUT2D eigenvalue weighted by molar-refractivity contribution is 0.0830. The van der Waals surface area contributed by atoms with E-state index in [9.17, 15) is 0 Å². The molecule has 2 unspecified atom stereocenters. The molecule has 2 fully saturated rings. The number of nitrogens with zero attached hydrogens (tertiary/aromatic N) is 1. The highest BCUT2D eigenvalue weighted by Crippen LogP contribution is 2.31. The van der Waals surface area contributed by atoms with Gasteiger partial charge in [0.05, 0.1) is 6.17 Å². The third kappa shape index (κ3) is 3.14. The molecule has 2 aliphatic heterocycles. The van der Waals surface area contributed by atoms with Gasteiger partial charge < -0.3 is 5.32 Å². The Balaban J connectivity index is 1.80. The van der Waals surface area contributed by atoms with Gasteiger partial charge in [-0.3, -0.25) is 4.90 Å². The van der Waals surface area contributed by atoms with Crippen LogP contribution in [0.25, 0.3) is 0 Å². The molecule has 2 saturated heterocycles. The van der Waals surface area contributed by atoms with E-state index in [0.717, 1.165) is 28.6 Å².